The molecule has 0 heterocycles. The van der Waals surface area contributed by atoms with Crippen molar-refractivity contribution in [2.75, 3.05) is 47.8 Å². The molecule has 0 saturated heterocycles. The van der Waals surface area contributed by atoms with E-state index in [1.807, 2.05) is 0 Å². The molecule has 0 aromatic heterocycles. The summed E-state index contributed by atoms with van der Waals surface area (Å²) in [4.78, 5) is 4.85. The molecule has 2 unspecified atom stereocenters. The van der Waals surface area contributed by atoms with Crippen LogP contribution >= 0.6 is 0 Å². The fraction of sp³-hybridized carbons (Fsp3) is 0.436. The van der Waals surface area contributed by atoms with Gasteiger partial charge in [-0.15, -0.1) is 0 Å². The molecule has 4 rings (SSSR count). The Bertz CT molecular complexity index is 1400. The number of unbranched alkanes of at least 4 members (excludes halogenated alkanes) is 1. The average molecular weight is 564 g/mol. The molecule has 42 heavy (non-hydrogen) atoms. The summed E-state index contributed by atoms with van der Waals surface area (Å²) in [5, 5.41) is 6.44. The van der Waals surface area contributed by atoms with Crippen LogP contribution in [0.4, 0.5) is 17.1 Å². The van der Waals surface area contributed by atoms with Crippen LogP contribution in [0.25, 0.3) is 10.8 Å². The highest BCUT2D eigenvalue weighted by Gasteiger charge is 2.23. The molecule has 2 atom stereocenters. The summed E-state index contributed by atoms with van der Waals surface area (Å²) >= 11 is 0. The van der Waals surface area contributed by atoms with Gasteiger partial charge in [0.05, 0.1) is 0 Å². The van der Waals surface area contributed by atoms with Gasteiger partial charge in [-0.25, -0.2) is 0 Å². The maximum absolute atomic E-state index is 3.81. The van der Waals surface area contributed by atoms with Crippen LogP contribution in [0.2, 0.25) is 0 Å². The number of benzene rings is 4. The summed E-state index contributed by atoms with van der Waals surface area (Å²) in [6.45, 7) is 20.9. The number of anilines is 3. The van der Waals surface area contributed by atoms with Gasteiger partial charge >= 0.3 is 0 Å². The third-order valence-electron chi connectivity index (χ3n) is 9.01. The highest BCUT2D eigenvalue weighted by molar-refractivity contribution is 5.97. The van der Waals surface area contributed by atoms with Crippen LogP contribution in [-0.2, 0) is 0 Å². The van der Waals surface area contributed by atoms with Gasteiger partial charge in [0.2, 0.25) is 0 Å². The first-order valence-electron chi connectivity index (χ1n) is 16.4. The first kappa shape index (κ1) is 31.5. The van der Waals surface area contributed by atoms with Crippen molar-refractivity contribution in [1.29, 1.82) is 0 Å². The Hall–Kier alpha value is -3.46. The molecule has 0 amide bonds. The van der Waals surface area contributed by atoms with Gasteiger partial charge in [-0.2, -0.15) is 0 Å². The fourth-order valence-electron chi connectivity index (χ4n) is 6.43. The van der Waals surface area contributed by atoms with E-state index in [-0.39, 0.29) is 5.92 Å². The van der Waals surface area contributed by atoms with E-state index in [9.17, 15) is 0 Å². The average Bonchev–Trinajstić information content (AvgIpc) is 3.02. The van der Waals surface area contributed by atoms with E-state index < -0.39 is 0 Å². The van der Waals surface area contributed by atoms with Gasteiger partial charge < -0.3 is 15.1 Å². The van der Waals surface area contributed by atoms with Crippen molar-refractivity contribution in [3.8, 4) is 0 Å². The second-order valence-corrected chi connectivity index (χ2v) is 11.8. The van der Waals surface area contributed by atoms with Gasteiger partial charge in [0.25, 0.3) is 0 Å². The molecule has 3 nitrogen and oxygen atoms in total. The van der Waals surface area contributed by atoms with Crippen LogP contribution in [-0.4, -0.2) is 32.7 Å². The van der Waals surface area contributed by atoms with Gasteiger partial charge in [-0.3, -0.25) is 0 Å². The lowest BCUT2D eigenvalue weighted by atomic mass is 9.80. The van der Waals surface area contributed by atoms with Crippen molar-refractivity contribution in [3.63, 3.8) is 0 Å². The van der Waals surface area contributed by atoms with Crippen LogP contribution in [0.1, 0.15) is 89.0 Å². The number of hydrogen-bond acceptors (Lipinski definition) is 3. The molecule has 0 spiro atoms. The molecular formula is C39H53N3. The highest BCUT2D eigenvalue weighted by Crippen LogP contribution is 2.41. The van der Waals surface area contributed by atoms with E-state index in [0.29, 0.717) is 5.92 Å². The summed E-state index contributed by atoms with van der Waals surface area (Å²) in [6.07, 6.45) is 3.83. The molecule has 0 radical (unpaired) electrons. The zero-order valence-corrected chi connectivity index (χ0v) is 27.2. The van der Waals surface area contributed by atoms with E-state index >= 15 is 0 Å². The number of nitrogens with one attached hydrogen (secondary N) is 1. The van der Waals surface area contributed by atoms with Gasteiger partial charge in [-0.05, 0) is 105 Å². The maximum Gasteiger partial charge on any atom is 0.0420 e. The highest BCUT2D eigenvalue weighted by atomic mass is 15.1. The molecule has 0 bridgehead atoms. The minimum Gasteiger partial charge on any atom is -0.384 e. The van der Waals surface area contributed by atoms with E-state index in [4.69, 9.17) is 0 Å². The lowest BCUT2D eigenvalue weighted by Gasteiger charge is -2.27. The molecule has 224 valence electrons. The number of rotatable bonds is 15. The largest absolute Gasteiger partial charge is 0.384 e. The minimum atomic E-state index is 0.143. The predicted molar refractivity (Wildman–Crippen MR) is 187 cm³/mol. The smallest absolute Gasteiger partial charge is 0.0420 e. The predicted octanol–water partition coefficient (Wildman–Crippen LogP) is 10.3. The van der Waals surface area contributed by atoms with Crippen LogP contribution in [0.15, 0.2) is 78.9 Å². The second-order valence-electron chi connectivity index (χ2n) is 11.8. The van der Waals surface area contributed by atoms with E-state index in [1.54, 1.807) is 0 Å². The van der Waals surface area contributed by atoms with Gasteiger partial charge in [0.1, 0.15) is 0 Å². The number of nitrogens with zero attached hydrogens (tertiary/aromatic N) is 2. The lowest BCUT2D eigenvalue weighted by molar-refractivity contribution is 0.529. The molecule has 4 aromatic carbocycles. The Kier molecular flexibility index (Phi) is 11.3. The molecule has 0 aliphatic heterocycles. The van der Waals surface area contributed by atoms with Crippen molar-refractivity contribution < 1.29 is 0 Å². The lowest BCUT2D eigenvalue weighted by Crippen LogP contribution is -2.22. The Morgan fingerprint density at radius 1 is 0.667 bits per heavy atom. The van der Waals surface area contributed by atoms with Crippen molar-refractivity contribution in [1.82, 2.24) is 0 Å². The SMILES string of the molecule is CCCCC(C)CNc1ccc(C(c2ccc(N(CC)CC)cc2)c2ccc(N(CC)CC)cc2C)c2ccccc12. The van der Waals surface area contributed by atoms with Gasteiger partial charge in [0.15, 0.2) is 0 Å². The van der Waals surface area contributed by atoms with Crippen molar-refractivity contribution in [2.45, 2.75) is 73.6 Å². The van der Waals surface area contributed by atoms with Crippen LogP contribution < -0.4 is 15.1 Å². The number of fused-ring (bicyclic) bond motifs is 1. The first-order chi connectivity index (χ1) is 20.4. The summed E-state index contributed by atoms with van der Waals surface area (Å²) < 4.78 is 0. The number of hydrogen-bond donors (Lipinski definition) is 1. The van der Waals surface area contributed by atoms with Crippen molar-refractivity contribution >= 4 is 27.8 Å². The van der Waals surface area contributed by atoms with Crippen LogP contribution in [0.3, 0.4) is 0 Å². The molecule has 0 saturated carbocycles. The first-order valence-corrected chi connectivity index (χ1v) is 16.4. The molecule has 0 aliphatic rings. The van der Waals surface area contributed by atoms with Gasteiger partial charge in [-0.1, -0.05) is 75.2 Å². The monoisotopic (exact) mass is 563 g/mol. The summed E-state index contributed by atoms with van der Waals surface area (Å²) in [5.74, 6) is 0.802. The Morgan fingerprint density at radius 3 is 1.88 bits per heavy atom. The minimum absolute atomic E-state index is 0.143. The van der Waals surface area contributed by atoms with E-state index in [1.165, 1.54) is 69.4 Å². The summed E-state index contributed by atoms with van der Waals surface area (Å²) in [5.41, 5.74) is 9.25. The van der Waals surface area contributed by atoms with E-state index in [0.717, 1.165) is 32.7 Å². The zero-order valence-electron chi connectivity index (χ0n) is 27.2. The van der Waals surface area contributed by atoms with Crippen LogP contribution in [0.5, 0.6) is 0 Å². The van der Waals surface area contributed by atoms with Crippen LogP contribution in [0, 0.1) is 12.8 Å². The van der Waals surface area contributed by atoms with Crippen molar-refractivity contribution in [2.24, 2.45) is 5.92 Å². The summed E-state index contributed by atoms with van der Waals surface area (Å²) in [7, 11) is 0. The Morgan fingerprint density at radius 2 is 1.26 bits per heavy atom. The molecule has 0 aliphatic carbocycles. The Labute approximate surface area is 256 Å². The third kappa shape index (κ3) is 7.12. The molecule has 0 fully saturated rings. The normalized spacial score (nSPS) is 12.7. The summed E-state index contributed by atoms with van der Waals surface area (Å²) in [6, 6.07) is 30.1. The van der Waals surface area contributed by atoms with Gasteiger partial charge in [0, 0.05) is 61.1 Å². The quantitative estimate of drug-likeness (QED) is 0.145. The maximum atomic E-state index is 3.81. The molecular weight excluding hydrogens is 510 g/mol. The Balaban J connectivity index is 1.82. The fourth-order valence-corrected chi connectivity index (χ4v) is 6.43. The van der Waals surface area contributed by atoms with E-state index in [2.05, 4.69) is 142 Å². The number of aryl methyl sites for hydroxylation is 1. The molecule has 1 N–H and O–H groups in total. The third-order valence-corrected chi connectivity index (χ3v) is 9.01. The molecule has 4 aromatic rings. The second kappa shape index (κ2) is 15.1. The molecule has 3 heteroatoms. The standard InChI is InChI=1S/C39H53N3/c1-8-13-16-29(6)28-40-38-26-25-37(35-17-14-15-18-36(35)38)39(31-19-21-32(22-20-31)41(9-2)10-3)34-24-23-33(27-30(34)7)42(11-4)12-5/h14-15,17-27,29,39-40H,8-13,16,28H2,1-7H3. The zero-order chi connectivity index (χ0) is 30.1. The van der Waals surface area contributed by atoms with Crippen molar-refractivity contribution in [3.05, 3.63) is 101 Å². The topological polar surface area (TPSA) is 18.5 Å².